The zero-order chi connectivity index (χ0) is 12.3. The number of ether oxygens (including phenoxy) is 1. The van der Waals surface area contributed by atoms with Gasteiger partial charge in [-0.25, -0.2) is 14.7 Å². The lowest BCUT2D eigenvalue weighted by molar-refractivity contribution is 0.0592. The van der Waals surface area contributed by atoms with Crippen LogP contribution in [0, 0.1) is 0 Å². The third-order valence-corrected chi connectivity index (χ3v) is 2.29. The lowest BCUT2D eigenvalue weighted by atomic mass is 10.2. The van der Waals surface area contributed by atoms with E-state index >= 15 is 0 Å². The van der Waals surface area contributed by atoms with Gasteiger partial charge in [-0.1, -0.05) is 30.3 Å². The standard InChI is InChI=1S/C11H11N3O3/c1-17-11(16)9-10(15)14(13-12-9)7-8-5-3-2-4-6-8/h2-6,13H,7H2,1H3. The van der Waals surface area contributed by atoms with Gasteiger partial charge in [0.2, 0.25) is 5.69 Å². The second-order valence-electron chi connectivity index (χ2n) is 3.43. The number of carbonyl (C=O) groups is 1. The third-order valence-electron chi connectivity index (χ3n) is 2.29. The Morgan fingerprint density at radius 2 is 2.12 bits per heavy atom. The van der Waals surface area contributed by atoms with E-state index in [4.69, 9.17) is 0 Å². The molecular weight excluding hydrogens is 222 g/mol. The molecule has 6 heteroatoms. The first-order chi connectivity index (χ1) is 8.22. The Hall–Kier alpha value is -2.37. The van der Waals surface area contributed by atoms with Crippen molar-refractivity contribution in [2.24, 2.45) is 0 Å². The summed E-state index contributed by atoms with van der Waals surface area (Å²) < 4.78 is 5.70. The van der Waals surface area contributed by atoms with Crippen molar-refractivity contribution >= 4 is 5.97 Å². The first-order valence-electron chi connectivity index (χ1n) is 5.00. The maximum atomic E-state index is 11.7. The van der Waals surface area contributed by atoms with Crippen molar-refractivity contribution in [1.82, 2.24) is 15.0 Å². The molecule has 0 spiro atoms. The van der Waals surface area contributed by atoms with Crippen LogP contribution in [0.5, 0.6) is 0 Å². The maximum Gasteiger partial charge on any atom is 0.364 e. The molecule has 17 heavy (non-hydrogen) atoms. The summed E-state index contributed by atoms with van der Waals surface area (Å²) in [6.07, 6.45) is 0. The molecule has 0 atom stereocenters. The van der Waals surface area contributed by atoms with E-state index in [-0.39, 0.29) is 5.69 Å². The number of nitrogens with zero attached hydrogens (tertiary/aromatic N) is 2. The number of carbonyl (C=O) groups excluding carboxylic acids is 1. The van der Waals surface area contributed by atoms with Crippen LogP contribution in [-0.2, 0) is 11.3 Å². The van der Waals surface area contributed by atoms with Gasteiger partial charge < -0.3 is 4.74 Å². The van der Waals surface area contributed by atoms with Gasteiger partial charge in [-0.15, -0.1) is 5.10 Å². The van der Waals surface area contributed by atoms with Crippen molar-refractivity contribution in [3.8, 4) is 0 Å². The van der Waals surface area contributed by atoms with E-state index in [2.05, 4.69) is 15.0 Å². The third kappa shape index (κ3) is 2.25. The summed E-state index contributed by atoms with van der Waals surface area (Å²) in [5.74, 6) is -0.738. The van der Waals surface area contributed by atoms with Crippen molar-refractivity contribution in [2.75, 3.05) is 7.11 Å². The highest BCUT2D eigenvalue weighted by Crippen LogP contribution is 1.99. The molecule has 0 amide bonds. The highest BCUT2D eigenvalue weighted by atomic mass is 16.5. The number of methoxy groups -OCH3 is 1. The number of nitrogens with one attached hydrogen (secondary N) is 1. The van der Waals surface area contributed by atoms with Crippen molar-refractivity contribution in [2.45, 2.75) is 6.54 Å². The van der Waals surface area contributed by atoms with Crippen molar-refractivity contribution < 1.29 is 9.53 Å². The molecule has 1 heterocycles. The molecule has 2 rings (SSSR count). The topological polar surface area (TPSA) is 77.0 Å². The number of benzene rings is 1. The summed E-state index contributed by atoms with van der Waals surface area (Å²) in [5.41, 5.74) is 0.221. The van der Waals surface area contributed by atoms with Gasteiger partial charge in [0.25, 0.3) is 0 Å². The highest BCUT2D eigenvalue weighted by molar-refractivity contribution is 5.86. The number of H-pyrrole nitrogens is 1. The normalized spacial score (nSPS) is 10.2. The molecule has 1 N–H and O–H groups in total. The Morgan fingerprint density at radius 1 is 1.41 bits per heavy atom. The summed E-state index contributed by atoms with van der Waals surface area (Å²) in [4.78, 5) is 22.9. The molecule has 0 aliphatic heterocycles. The van der Waals surface area contributed by atoms with Gasteiger partial charge in [-0.05, 0) is 5.56 Å². The molecule has 0 unspecified atom stereocenters. The number of rotatable bonds is 3. The van der Waals surface area contributed by atoms with Gasteiger partial charge in [0.05, 0.1) is 13.7 Å². The first-order valence-corrected chi connectivity index (χ1v) is 5.00. The molecule has 0 saturated carbocycles. The fourth-order valence-electron chi connectivity index (χ4n) is 1.43. The Labute approximate surface area is 96.8 Å². The van der Waals surface area contributed by atoms with E-state index in [0.29, 0.717) is 6.54 Å². The number of esters is 1. The number of aromatic amines is 1. The minimum atomic E-state index is -0.738. The number of aromatic nitrogens is 3. The predicted molar refractivity (Wildman–Crippen MR) is 59.7 cm³/mol. The van der Waals surface area contributed by atoms with Gasteiger partial charge in [-0.2, -0.15) is 0 Å². The molecule has 2 aromatic rings. The number of hydrogen-bond acceptors (Lipinski definition) is 4. The molecule has 6 nitrogen and oxygen atoms in total. The van der Waals surface area contributed by atoms with Crippen LogP contribution in [0.4, 0.5) is 0 Å². The second kappa shape index (κ2) is 4.65. The molecule has 1 aromatic carbocycles. The molecule has 0 aliphatic rings. The van der Waals surface area contributed by atoms with E-state index in [1.807, 2.05) is 30.3 Å². The highest BCUT2D eigenvalue weighted by Gasteiger charge is 2.16. The van der Waals surface area contributed by atoms with Crippen molar-refractivity contribution in [3.05, 3.63) is 51.9 Å². The minimum absolute atomic E-state index is 0.233. The van der Waals surface area contributed by atoms with Crippen LogP contribution in [0.2, 0.25) is 0 Å². The van der Waals surface area contributed by atoms with Crippen LogP contribution in [0.25, 0.3) is 0 Å². The van der Waals surface area contributed by atoms with Gasteiger partial charge in [0, 0.05) is 0 Å². The van der Waals surface area contributed by atoms with Crippen LogP contribution in [0.3, 0.4) is 0 Å². The average Bonchev–Trinajstić information content (AvgIpc) is 2.72. The molecule has 0 saturated heterocycles. The summed E-state index contributed by atoms with van der Waals surface area (Å²) in [6, 6.07) is 9.39. The predicted octanol–water partition coefficient (Wildman–Crippen LogP) is 0.406. The van der Waals surface area contributed by atoms with Gasteiger partial charge in [0.1, 0.15) is 0 Å². The summed E-state index contributed by atoms with van der Waals surface area (Å²) >= 11 is 0. The zero-order valence-corrected chi connectivity index (χ0v) is 9.21. The first kappa shape index (κ1) is 11.1. The van der Waals surface area contributed by atoms with Crippen LogP contribution in [-0.4, -0.2) is 28.1 Å². The summed E-state index contributed by atoms with van der Waals surface area (Å²) in [7, 11) is 1.21. The largest absolute Gasteiger partial charge is 0.464 e. The van der Waals surface area contributed by atoms with Crippen molar-refractivity contribution in [1.29, 1.82) is 0 Å². The molecule has 0 radical (unpaired) electrons. The minimum Gasteiger partial charge on any atom is -0.464 e. The van der Waals surface area contributed by atoms with E-state index in [0.717, 1.165) is 5.56 Å². The van der Waals surface area contributed by atoms with E-state index in [1.54, 1.807) is 0 Å². The van der Waals surface area contributed by atoms with E-state index < -0.39 is 11.5 Å². The summed E-state index contributed by atoms with van der Waals surface area (Å²) in [6.45, 7) is 0.337. The lowest BCUT2D eigenvalue weighted by Gasteiger charge is -1.99. The quantitative estimate of drug-likeness (QED) is 0.779. The smallest absolute Gasteiger partial charge is 0.364 e. The molecular formula is C11H11N3O3. The van der Waals surface area contributed by atoms with Crippen LogP contribution in [0.1, 0.15) is 16.1 Å². The number of hydrogen-bond donors (Lipinski definition) is 1. The SMILES string of the molecule is COC(=O)c1n[nH]n(Cc2ccccc2)c1=O. The van der Waals surface area contributed by atoms with Gasteiger partial charge >= 0.3 is 11.5 Å². The average molecular weight is 233 g/mol. The molecule has 0 aliphatic carbocycles. The van der Waals surface area contributed by atoms with Crippen LogP contribution >= 0.6 is 0 Å². The monoisotopic (exact) mass is 233 g/mol. The van der Waals surface area contributed by atoms with Crippen LogP contribution in [0.15, 0.2) is 35.1 Å². The van der Waals surface area contributed by atoms with Gasteiger partial charge in [-0.3, -0.25) is 4.79 Å². The lowest BCUT2D eigenvalue weighted by Crippen LogP contribution is -2.22. The Bertz CT molecular complexity index is 571. The maximum absolute atomic E-state index is 11.7. The van der Waals surface area contributed by atoms with Crippen molar-refractivity contribution in [3.63, 3.8) is 0 Å². The molecule has 0 bridgehead atoms. The fourth-order valence-corrected chi connectivity index (χ4v) is 1.43. The molecule has 1 aromatic heterocycles. The second-order valence-corrected chi connectivity index (χ2v) is 3.43. The van der Waals surface area contributed by atoms with E-state index in [1.165, 1.54) is 11.8 Å². The zero-order valence-electron chi connectivity index (χ0n) is 9.21. The molecule has 88 valence electrons. The van der Waals surface area contributed by atoms with E-state index in [9.17, 15) is 9.59 Å². The molecule has 0 fully saturated rings. The van der Waals surface area contributed by atoms with Gasteiger partial charge in [0.15, 0.2) is 0 Å². The Kier molecular flexibility index (Phi) is 3.04. The Morgan fingerprint density at radius 3 is 2.76 bits per heavy atom. The fraction of sp³-hybridized carbons (Fsp3) is 0.182. The Balaban J connectivity index is 2.27. The summed E-state index contributed by atoms with van der Waals surface area (Å²) in [5, 5.41) is 6.12. The van der Waals surface area contributed by atoms with Crippen LogP contribution < -0.4 is 5.56 Å².